The summed E-state index contributed by atoms with van der Waals surface area (Å²) in [5.74, 6) is -0.410. The Morgan fingerprint density at radius 2 is 1.86 bits per heavy atom. The quantitative estimate of drug-likeness (QED) is 0.492. The topological polar surface area (TPSA) is 98.6 Å². The summed E-state index contributed by atoms with van der Waals surface area (Å²) in [6.07, 6.45) is 8.19. The summed E-state index contributed by atoms with van der Waals surface area (Å²) in [6.45, 7) is -0.287. The predicted octanol–water partition coefficient (Wildman–Crippen LogP) is 2.82. The maximum atomic E-state index is 12.3. The van der Waals surface area contributed by atoms with Gasteiger partial charge in [-0.05, 0) is 30.3 Å². The van der Waals surface area contributed by atoms with Gasteiger partial charge in [0.25, 0.3) is 0 Å². The van der Waals surface area contributed by atoms with Gasteiger partial charge in [0.1, 0.15) is 18.8 Å². The number of aromatic nitrogens is 3. The normalized spacial score (nSPS) is 10.4. The molecule has 1 amide bonds. The van der Waals surface area contributed by atoms with Crippen LogP contribution in [0.25, 0.3) is 23.0 Å². The standard InChI is InChI=1S/C21H16N6O/c22-10-13-26(14-11-23)20(28)9-8-18-16-27(19-6-2-1-3-7-19)25-21(18)17-5-4-12-24-15-17/h1-9,12,15-16H,13-14H2/b9-8+. The first-order valence-corrected chi connectivity index (χ1v) is 8.49. The molecule has 136 valence electrons. The van der Waals surface area contributed by atoms with Gasteiger partial charge >= 0.3 is 0 Å². The highest BCUT2D eigenvalue weighted by molar-refractivity contribution is 5.93. The first kappa shape index (κ1) is 18.6. The van der Waals surface area contributed by atoms with E-state index in [2.05, 4.69) is 10.1 Å². The molecule has 0 atom stereocenters. The van der Waals surface area contributed by atoms with Gasteiger partial charge in [-0.3, -0.25) is 9.78 Å². The molecule has 0 unspecified atom stereocenters. The average Bonchev–Trinajstić information content (AvgIpc) is 3.17. The summed E-state index contributed by atoms with van der Waals surface area (Å²) < 4.78 is 1.73. The third-order valence-corrected chi connectivity index (χ3v) is 3.94. The molecule has 0 saturated carbocycles. The van der Waals surface area contributed by atoms with Gasteiger partial charge in [0, 0.05) is 35.8 Å². The lowest BCUT2D eigenvalue weighted by molar-refractivity contribution is -0.124. The lowest BCUT2D eigenvalue weighted by atomic mass is 10.1. The fourth-order valence-electron chi connectivity index (χ4n) is 2.60. The maximum absolute atomic E-state index is 12.3. The predicted molar refractivity (Wildman–Crippen MR) is 104 cm³/mol. The molecule has 0 aliphatic carbocycles. The fourth-order valence-corrected chi connectivity index (χ4v) is 2.60. The van der Waals surface area contributed by atoms with Crippen LogP contribution in [0.3, 0.4) is 0 Å². The molecule has 1 aromatic carbocycles. The van der Waals surface area contributed by atoms with E-state index in [1.54, 1.807) is 23.2 Å². The molecule has 0 N–H and O–H groups in total. The van der Waals surface area contributed by atoms with Gasteiger partial charge in [-0.1, -0.05) is 18.2 Å². The molecule has 28 heavy (non-hydrogen) atoms. The number of nitriles is 2. The highest BCUT2D eigenvalue weighted by atomic mass is 16.2. The number of hydrogen-bond acceptors (Lipinski definition) is 5. The van der Waals surface area contributed by atoms with Crippen molar-refractivity contribution in [1.82, 2.24) is 19.7 Å². The number of para-hydroxylation sites is 1. The van der Waals surface area contributed by atoms with Crippen molar-refractivity contribution in [2.24, 2.45) is 0 Å². The SMILES string of the molecule is N#CCN(CC#N)C(=O)/C=C/c1cn(-c2ccccc2)nc1-c1cccnc1. The van der Waals surface area contributed by atoms with Crippen molar-refractivity contribution in [1.29, 1.82) is 10.5 Å². The molecule has 0 aliphatic heterocycles. The lowest BCUT2D eigenvalue weighted by Gasteiger charge is -2.12. The molecule has 7 nitrogen and oxygen atoms in total. The van der Waals surface area contributed by atoms with E-state index in [1.807, 2.05) is 60.8 Å². The smallest absolute Gasteiger partial charge is 0.248 e. The molecule has 0 aliphatic rings. The van der Waals surface area contributed by atoms with Crippen LogP contribution in [-0.2, 0) is 4.79 Å². The zero-order valence-electron chi connectivity index (χ0n) is 14.9. The molecule has 2 heterocycles. The molecule has 0 fully saturated rings. The monoisotopic (exact) mass is 368 g/mol. The van der Waals surface area contributed by atoms with E-state index in [0.717, 1.165) is 16.8 Å². The summed E-state index contributed by atoms with van der Waals surface area (Å²) >= 11 is 0. The first-order valence-electron chi connectivity index (χ1n) is 8.49. The molecule has 0 radical (unpaired) electrons. The number of carbonyl (C=O) groups is 1. The molecule has 2 aromatic heterocycles. The van der Waals surface area contributed by atoms with Crippen LogP contribution in [0.15, 0.2) is 67.1 Å². The minimum absolute atomic E-state index is 0.143. The largest absolute Gasteiger partial charge is 0.313 e. The second-order valence-electron chi connectivity index (χ2n) is 5.80. The fraction of sp³-hybridized carbons (Fsp3) is 0.0952. The van der Waals surface area contributed by atoms with Crippen molar-refractivity contribution in [2.45, 2.75) is 0 Å². The van der Waals surface area contributed by atoms with Crippen LogP contribution in [0.2, 0.25) is 0 Å². The van der Waals surface area contributed by atoms with Crippen LogP contribution in [0.5, 0.6) is 0 Å². The zero-order chi connectivity index (χ0) is 19.8. The minimum Gasteiger partial charge on any atom is -0.313 e. The Labute approximate surface area is 162 Å². The van der Waals surface area contributed by atoms with Gasteiger partial charge in [0.05, 0.1) is 17.8 Å². The number of rotatable bonds is 6. The van der Waals surface area contributed by atoms with Crippen LogP contribution in [0, 0.1) is 22.7 Å². The van der Waals surface area contributed by atoms with E-state index in [0.29, 0.717) is 5.69 Å². The molecule has 0 saturated heterocycles. The Hall–Kier alpha value is -4.23. The molecule has 0 spiro atoms. The molecule has 0 bridgehead atoms. The average molecular weight is 368 g/mol. The third kappa shape index (κ3) is 4.29. The van der Waals surface area contributed by atoms with Crippen molar-refractivity contribution in [3.05, 3.63) is 72.7 Å². The molecule has 3 rings (SSSR count). The van der Waals surface area contributed by atoms with Gasteiger partial charge < -0.3 is 4.90 Å². The van der Waals surface area contributed by atoms with Crippen LogP contribution in [0.1, 0.15) is 5.56 Å². The van der Waals surface area contributed by atoms with Crippen molar-refractivity contribution >= 4 is 12.0 Å². The molecule has 7 heteroatoms. The van der Waals surface area contributed by atoms with Crippen molar-refractivity contribution < 1.29 is 4.79 Å². The van der Waals surface area contributed by atoms with Gasteiger partial charge in [-0.2, -0.15) is 15.6 Å². The molecule has 3 aromatic rings. The number of hydrogen-bond donors (Lipinski definition) is 0. The van der Waals surface area contributed by atoms with E-state index < -0.39 is 5.91 Å². The van der Waals surface area contributed by atoms with Crippen molar-refractivity contribution in [3.8, 4) is 29.1 Å². The Kier molecular flexibility index (Phi) is 5.92. The highest BCUT2D eigenvalue weighted by Crippen LogP contribution is 2.24. The second kappa shape index (κ2) is 8.93. The van der Waals surface area contributed by atoms with E-state index in [1.165, 1.54) is 11.0 Å². The Balaban J connectivity index is 1.97. The first-order chi connectivity index (χ1) is 13.7. The maximum Gasteiger partial charge on any atom is 0.248 e. The summed E-state index contributed by atoms with van der Waals surface area (Å²) in [5.41, 5.74) is 3.09. The van der Waals surface area contributed by atoms with Crippen LogP contribution < -0.4 is 0 Å². The Morgan fingerprint density at radius 1 is 1.11 bits per heavy atom. The van der Waals surface area contributed by atoms with Crippen molar-refractivity contribution in [3.63, 3.8) is 0 Å². The Bertz CT molecular complexity index is 1040. The summed E-state index contributed by atoms with van der Waals surface area (Å²) in [4.78, 5) is 17.6. The number of benzene rings is 1. The van der Waals surface area contributed by atoms with Crippen molar-refractivity contribution in [2.75, 3.05) is 13.1 Å². The lowest BCUT2D eigenvalue weighted by Crippen LogP contribution is -2.30. The summed E-state index contributed by atoms with van der Waals surface area (Å²) in [6, 6.07) is 17.1. The molecular formula is C21H16N6O. The second-order valence-corrected chi connectivity index (χ2v) is 5.80. The van der Waals surface area contributed by atoms with E-state index in [9.17, 15) is 4.79 Å². The Morgan fingerprint density at radius 3 is 2.50 bits per heavy atom. The van der Waals surface area contributed by atoms with E-state index >= 15 is 0 Å². The van der Waals surface area contributed by atoms with Crippen LogP contribution in [0.4, 0.5) is 0 Å². The molecular weight excluding hydrogens is 352 g/mol. The number of amides is 1. The number of pyridine rings is 1. The van der Waals surface area contributed by atoms with Gasteiger partial charge in [0.15, 0.2) is 0 Å². The third-order valence-electron chi connectivity index (χ3n) is 3.94. The highest BCUT2D eigenvalue weighted by Gasteiger charge is 2.13. The van der Waals surface area contributed by atoms with Crippen LogP contribution in [-0.4, -0.2) is 38.7 Å². The van der Waals surface area contributed by atoms with Crippen LogP contribution >= 0.6 is 0 Å². The van der Waals surface area contributed by atoms with E-state index in [4.69, 9.17) is 10.5 Å². The number of carbonyl (C=O) groups excluding carboxylic acids is 1. The van der Waals surface area contributed by atoms with Gasteiger partial charge in [-0.25, -0.2) is 4.68 Å². The van der Waals surface area contributed by atoms with E-state index in [-0.39, 0.29) is 13.1 Å². The summed E-state index contributed by atoms with van der Waals surface area (Å²) in [5, 5.41) is 22.3. The van der Waals surface area contributed by atoms with Gasteiger partial charge in [-0.15, -0.1) is 0 Å². The zero-order valence-corrected chi connectivity index (χ0v) is 14.9. The number of nitrogens with zero attached hydrogens (tertiary/aromatic N) is 6. The minimum atomic E-state index is -0.410. The van der Waals surface area contributed by atoms with Gasteiger partial charge in [0.2, 0.25) is 5.91 Å². The summed E-state index contributed by atoms with van der Waals surface area (Å²) in [7, 11) is 0.